The van der Waals surface area contributed by atoms with Crippen LogP contribution in [0, 0.1) is 0 Å². The predicted molar refractivity (Wildman–Crippen MR) is 74.9 cm³/mol. The van der Waals surface area contributed by atoms with Gasteiger partial charge in [-0.3, -0.25) is 4.40 Å². The average Bonchev–Trinajstić information content (AvgIpc) is 2.84. The van der Waals surface area contributed by atoms with Gasteiger partial charge in [-0.05, 0) is 36.0 Å². The Kier molecular flexibility index (Phi) is 3.03. The van der Waals surface area contributed by atoms with Gasteiger partial charge in [-0.15, -0.1) is 10.2 Å². The van der Waals surface area contributed by atoms with Crippen LogP contribution >= 0.6 is 11.8 Å². The number of nitrogens with zero attached hydrogens (tertiary/aromatic N) is 3. The van der Waals surface area contributed by atoms with Crippen LogP contribution < -0.4 is 5.73 Å². The van der Waals surface area contributed by atoms with Crippen molar-refractivity contribution in [1.82, 2.24) is 14.6 Å². The van der Waals surface area contributed by atoms with Gasteiger partial charge in [0.15, 0.2) is 5.65 Å². The summed E-state index contributed by atoms with van der Waals surface area (Å²) in [5.74, 6) is -1.05. The van der Waals surface area contributed by atoms with Crippen LogP contribution in [0.25, 0.3) is 5.65 Å². The lowest BCUT2D eigenvalue weighted by Gasteiger charge is -2.06. The van der Waals surface area contributed by atoms with E-state index in [0.717, 1.165) is 5.65 Å². The predicted octanol–water partition coefficient (Wildman–Crippen LogP) is 2.16. The zero-order valence-corrected chi connectivity index (χ0v) is 11.0. The number of anilines is 1. The number of nitrogen functional groups attached to an aromatic ring is 1. The maximum absolute atomic E-state index is 11.1. The van der Waals surface area contributed by atoms with Crippen LogP contribution in [-0.2, 0) is 0 Å². The molecule has 100 valence electrons. The van der Waals surface area contributed by atoms with Crippen LogP contribution in [0.5, 0.6) is 0 Å². The van der Waals surface area contributed by atoms with Gasteiger partial charge in [0.25, 0.3) is 0 Å². The zero-order chi connectivity index (χ0) is 14.1. The van der Waals surface area contributed by atoms with Gasteiger partial charge in [-0.2, -0.15) is 0 Å². The van der Waals surface area contributed by atoms with Crippen LogP contribution in [0.1, 0.15) is 10.4 Å². The van der Waals surface area contributed by atoms with Gasteiger partial charge in [0.2, 0.25) is 5.16 Å². The molecule has 3 rings (SSSR count). The second kappa shape index (κ2) is 4.86. The van der Waals surface area contributed by atoms with Crippen molar-refractivity contribution < 1.29 is 9.90 Å². The molecule has 3 N–H and O–H groups in total. The summed E-state index contributed by atoms with van der Waals surface area (Å²) in [6.07, 6.45) is 1.84. The van der Waals surface area contributed by atoms with E-state index in [1.807, 2.05) is 28.8 Å². The van der Waals surface area contributed by atoms with Crippen molar-refractivity contribution in [2.24, 2.45) is 0 Å². The number of para-hydroxylation sites is 1. The number of aromatic nitrogens is 3. The van der Waals surface area contributed by atoms with Gasteiger partial charge in [-0.25, -0.2) is 4.79 Å². The molecule has 3 aromatic rings. The third-order valence-electron chi connectivity index (χ3n) is 2.78. The average molecular weight is 286 g/mol. The first kappa shape index (κ1) is 12.5. The number of carboxylic acids is 1. The molecule has 0 aliphatic carbocycles. The van der Waals surface area contributed by atoms with Crippen molar-refractivity contribution in [2.45, 2.75) is 10.1 Å². The van der Waals surface area contributed by atoms with Crippen molar-refractivity contribution in [2.75, 3.05) is 5.73 Å². The number of carboxylic acid groups (broad SMARTS) is 1. The Hall–Kier alpha value is -2.54. The Bertz CT molecular complexity index is 800. The molecule has 0 fully saturated rings. The largest absolute Gasteiger partial charge is 0.478 e. The van der Waals surface area contributed by atoms with E-state index >= 15 is 0 Å². The summed E-state index contributed by atoms with van der Waals surface area (Å²) in [6.45, 7) is 0. The van der Waals surface area contributed by atoms with Crippen molar-refractivity contribution in [3.05, 3.63) is 48.2 Å². The van der Waals surface area contributed by atoms with E-state index in [-0.39, 0.29) is 11.3 Å². The number of benzene rings is 1. The monoisotopic (exact) mass is 286 g/mol. The number of pyridine rings is 1. The van der Waals surface area contributed by atoms with E-state index in [1.54, 1.807) is 12.1 Å². The molecule has 7 heteroatoms. The van der Waals surface area contributed by atoms with Crippen LogP contribution in [0.3, 0.4) is 0 Å². The van der Waals surface area contributed by atoms with Crippen molar-refractivity contribution in [1.29, 1.82) is 0 Å². The Morgan fingerprint density at radius 2 is 2.05 bits per heavy atom. The van der Waals surface area contributed by atoms with Crippen LogP contribution in [0.2, 0.25) is 0 Å². The SMILES string of the molecule is Nc1c(Sc2nnc3ccccn23)cccc1C(=O)O. The smallest absolute Gasteiger partial charge is 0.337 e. The summed E-state index contributed by atoms with van der Waals surface area (Å²) in [5, 5.41) is 17.8. The fourth-order valence-electron chi connectivity index (χ4n) is 1.81. The molecule has 0 bridgehead atoms. The molecule has 0 saturated heterocycles. The van der Waals surface area contributed by atoms with E-state index in [0.29, 0.717) is 10.1 Å². The van der Waals surface area contributed by atoms with Crippen LogP contribution in [0.15, 0.2) is 52.6 Å². The highest BCUT2D eigenvalue weighted by atomic mass is 32.2. The van der Waals surface area contributed by atoms with Crippen molar-refractivity contribution in [3.8, 4) is 0 Å². The van der Waals surface area contributed by atoms with Crippen LogP contribution in [-0.4, -0.2) is 25.7 Å². The second-order valence-corrected chi connectivity index (χ2v) is 5.05. The van der Waals surface area contributed by atoms with E-state index in [1.165, 1.54) is 17.8 Å². The molecule has 2 heterocycles. The number of hydrogen-bond acceptors (Lipinski definition) is 5. The molecule has 0 amide bonds. The minimum Gasteiger partial charge on any atom is -0.478 e. The lowest BCUT2D eigenvalue weighted by Crippen LogP contribution is -2.03. The van der Waals surface area contributed by atoms with Gasteiger partial charge in [0.1, 0.15) is 0 Å². The molecule has 6 nitrogen and oxygen atoms in total. The summed E-state index contributed by atoms with van der Waals surface area (Å²) in [7, 11) is 0. The minimum atomic E-state index is -1.05. The standard InChI is InChI=1S/C13H10N4O2S/c14-11-8(12(18)19)4-3-5-9(11)20-13-16-15-10-6-1-2-7-17(10)13/h1-7H,14H2,(H,18,19). The highest BCUT2D eigenvalue weighted by molar-refractivity contribution is 7.99. The lowest BCUT2D eigenvalue weighted by molar-refractivity contribution is 0.0698. The molecule has 0 atom stereocenters. The van der Waals surface area contributed by atoms with Gasteiger partial charge in [0, 0.05) is 11.1 Å². The molecule has 20 heavy (non-hydrogen) atoms. The number of nitrogens with two attached hydrogens (primary N) is 1. The summed E-state index contributed by atoms with van der Waals surface area (Å²) in [6, 6.07) is 10.5. The molecule has 0 aliphatic heterocycles. The van der Waals surface area contributed by atoms with Crippen LogP contribution in [0.4, 0.5) is 5.69 Å². The third kappa shape index (κ3) is 2.08. The first-order valence-corrected chi connectivity index (χ1v) is 6.58. The highest BCUT2D eigenvalue weighted by Gasteiger charge is 2.14. The normalized spacial score (nSPS) is 10.8. The topological polar surface area (TPSA) is 93.5 Å². The van der Waals surface area contributed by atoms with E-state index < -0.39 is 5.97 Å². The van der Waals surface area contributed by atoms with E-state index in [4.69, 9.17) is 10.8 Å². The van der Waals surface area contributed by atoms with Gasteiger partial charge >= 0.3 is 5.97 Å². The molecule has 0 spiro atoms. The molecule has 0 unspecified atom stereocenters. The first-order chi connectivity index (χ1) is 9.66. The quantitative estimate of drug-likeness (QED) is 0.717. The summed E-state index contributed by atoms with van der Waals surface area (Å²) < 4.78 is 1.82. The Morgan fingerprint density at radius 1 is 1.20 bits per heavy atom. The maximum Gasteiger partial charge on any atom is 0.337 e. The lowest BCUT2D eigenvalue weighted by atomic mass is 10.2. The zero-order valence-electron chi connectivity index (χ0n) is 10.2. The molecule has 0 aliphatic rings. The summed E-state index contributed by atoms with van der Waals surface area (Å²) in [4.78, 5) is 11.7. The Balaban J connectivity index is 2.03. The number of hydrogen-bond donors (Lipinski definition) is 2. The summed E-state index contributed by atoms with van der Waals surface area (Å²) >= 11 is 1.28. The second-order valence-electron chi connectivity index (χ2n) is 4.04. The molecular weight excluding hydrogens is 276 g/mol. The number of carbonyl (C=O) groups is 1. The molecule has 0 radical (unpaired) electrons. The minimum absolute atomic E-state index is 0.0869. The Morgan fingerprint density at radius 3 is 2.85 bits per heavy atom. The molecule has 1 aromatic carbocycles. The van der Waals surface area contributed by atoms with Gasteiger partial charge in [0.05, 0.1) is 11.3 Å². The Labute approximate surface area is 118 Å². The molecule has 0 saturated carbocycles. The first-order valence-electron chi connectivity index (χ1n) is 5.76. The third-order valence-corrected chi connectivity index (χ3v) is 3.82. The highest BCUT2D eigenvalue weighted by Crippen LogP contribution is 2.32. The van der Waals surface area contributed by atoms with E-state index in [2.05, 4.69) is 10.2 Å². The van der Waals surface area contributed by atoms with Crippen molar-refractivity contribution in [3.63, 3.8) is 0 Å². The van der Waals surface area contributed by atoms with Crippen molar-refractivity contribution >= 4 is 29.1 Å². The number of aromatic carboxylic acids is 1. The van der Waals surface area contributed by atoms with Gasteiger partial charge in [-0.1, -0.05) is 12.1 Å². The maximum atomic E-state index is 11.1. The molecule has 2 aromatic heterocycles. The fourth-order valence-corrected chi connectivity index (χ4v) is 2.70. The summed E-state index contributed by atoms with van der Waals surface area (Å²) in [5.41, 5.74) is 6.93. The molecular formula is C13H10N4O2S. The van der Waals surface area contributed by atoms with Gasteiger partial charge < -0.3 is 10.8 Å². The fraction of sp³-hybridized carbons (Fsp3) is 0. The van der Waals surface area contributed by atoms with E-state index in [9.17, 15) is 4.79 Å². The number of rotatable bonds is 3. The number of fused-ring (bicyclic) bond motifs is 1.